The fraction of sp³-hybridized carbons (Fsp3) is 0.100. The van der Waals surface area contributed by atoms with Gasteiger partial charge in [-0.2, -0.15) is 0 Å². The number of rotatable bonds is 1. The highest BCUT2D eigenvalue weighted by atomic mass is 16.5. The van der Waals surface area contributed by atoms with E-state index in [1.807, 2.05) is 18.2 Å². The SMILES string of the molecule is COc1cccc2ncc[c]c12. The maximum Gasteiger partial charge on any atom is 0.128 e. The fourth-order valence-electron chi connectivity index (χ4n) is 1.18. The van der Waals surface area contributed by atoms with Gasteiger partial charge in [0.05, 0.1) is 18.0 Å². The lowest BCUT2D eigenvalue weighted by atomic mass is 10.2. The second-order valence-corrected chi connectivity index (χ2v) is 2.44. The lowest BCUT2D eigenvalue weighted by Gasteiger charge is -2.02. The molecule has 12 heavy (non-hydrogen) atoms. The minimum atomic E-state index is 0.820. The molecule has 0 fully saturated rings. The third kappa shape index (κ3) is 1.01. The van der Waals surface area contributed by atoms with Crippen LogP contribution in [0.4, 0.5) is 0 Å². The van der Waals surface area contributed by atoms with Crippen LogP contribution >= 0.6 is 0 Å². The van der Waals surface area contributed by atoms with Gasteiger partial charge in [-0.25, -0.2) is 0 Å². The zero-order valence-electron chi connectivity index (χ0n) is 6.74. The molecular weight excluding hydrogens is 150 g/mol. The Hall–Kier alpha value is -1.57. The van der Waals surface area contributed by atoms with Gasteiger partial charge in [-0.3, -0.25) is 4.98 Å². The van der Waals surface area contributed by atoms with Crippen molar-refractivity contribution in [1.29, 1.82) is 0 Å². The van der Waals surface area contributed by atoms with Crippen LogP contribution in [0.2, 0.25) is 0 Å². The molecule has 0 aliphatic heterocycles. The van der Waals surface area contributed by atoms with Crippen molar-refractivity contribution in [3.05, 3.63) is 36.5 Å². The molecule has 0 saturated carbocycles. The molecule has 0 amide bonds. The lowest BCUT2D eigenvalue weighted by Crippen LogP contribution is -1.85. The standard InChI is InChI=1S/C10H8NO/c1-12-10-6-2-5-9-8(10)4-3-7-11-9/h2-3,5-7H,1H3. The number of nitrogens with zero attached hydrogens (tertiary/aromatic N) is 1. The summed E-state index contributed by atoms with van der Waals surface area (Å²) in [6.07, 6.45) is 1.72. The predicted octanol–water partition coefficient (Wildman–Crippen LogP) is 2.04. The quantitative estimate of drug-likeness (QED) is 0.633. The van der Waals surface area contributed by atoms with Gasteiger partial charge in [0, 0.05) is 6.20 Å². The average molecular weight is 158 g/mol. The minimum absolute atomic E-state index is 0.820. The number of methoxy groups -OCH3 is 1. The lowest BCUT2D eigenvalue weighted by molar-refractivity contribution is 0.419. The maximum absolute atomic E-state index is 5.16. The van der Waals surface area contributed by atoms with Crippen molar-refractivity contribution in [3.63, 3.8) is 0 Å². The molecule has 59 valence electrons. The molecule has 0 N–H and O–H groups in total. The van der Waals surface area contributed by atoms with E-state index in [-0.39, 0.29) is 0 Å². The van der Waals surface area contributed by atoms with Crippen LogP contribution in [-0.2, 0) is 0 Å². The summed E-state index contributed by atoms with van der Waals surface area (Å²) in [4.78, 5) is 4.18. The van der Waals surface area contributed by atoms with Crippen LogP contribution in [0.1, 0.15) is 0 Å². The highest BCUT2D eigenvalue weighted by Crippen LogP contribution is 2.22. The third-order valence-corrected chi connectivity index (χ3v) is 1.74. The topological polar surface area (TPSA) is 22.1 Å². The van der Waals surface area contributed by atoms with E-state index >= 15 is 0 Å². The van der Waals surface area contributed by atoms with Gasteiger partial charge in [-0.15, -0.1) is 0 Å². The molecule has 2 nitrogen and oxygen atoms in total. The van der Waals surface area contributed by atoms with Crippen LogP contribution in [-0.4, -0.2) is 12.1 Å². The van der Waals surface area contributed by atoms with Gasteiger partial charge in [0.25, 0.3) is 0 Å². The number of hydrogen-bond acceptors (Lipinski definition) is 2. The second-order valence-electron chi connectivity index (χ2n) is 2.44. The number of pyridine rings is 1. The zero-order chi connectivity index (χ0) is 8.39. The number of fused-ring (bicyclic) bond motifs is 1. The Bertz CT molecular complexity index is 392. The van der Waals surface area contributed by atoms with Crippen LogP contribution in [0.5, 0.6) is 5.75 Å². The predicted molar refractivity (Wildman–Crippen MR) is 47.1 cm³/mol. The molecule has 1 aromatic heterocycles. The van der Waals surface area contributed by atoms with Crippen molar-refractivity contribution in [2.75, 3.05) is 7.11 Å². The van der Waals surface area contributed by atoms with Crippen molar-refractivity contribution in [1.82, 2.24) is 4.98 Å². The molecule has 0 aliphatic rings. The fourth-order valence-corrected chi connectivity index (χ4v) is 1.18. The minimum Gasteiger partial charge on any atom is -0.496 e. The molecular formula is C10H8NO. The van der Waals surface area contributed by atoms with Gasteiger partial charge >= 0.3 is 0 Å². The van der Waals surface area contributed by atoms with Crippen LogP contribution in [0.25, 0.3) is 10.9 Å². The van der Waals surface area contributed by atoms with E-state index in [4.69, 9.17) is 4.74 Å². The van der Waals surface area contributed by atoms with Gasteiger partial charge < -0.3 is 4.74 Å². The van der Waals surface area contributed by atoms with E-state index in [9.17, 15) is 0 Å². The summed E-state index contributed by atoms with van der Waals surface area (Å²) < 4.78 is 5.16. The molecule has 1 heterocycles. The van der Waals surface area contributed by atoms with Gasteiger partial charge in [-0.1, -0.05) is 6.07 Å². The van der Waals surface area contributed by atoms with Crippen molar-refractivity contribution in [2.45, 2.75) is 0 Å². The number of aromatic nitrogens is 1. The number of hydrogen-bond donors (Lipinski definition) is 0. The maximum atomic E-state index is 5.16. The first-order valence-corrected chi connectivity index (χ1v) is 3.71. The first kappa shape index (κ1) is 7.10. The Kier molecular flexibility index (Phi) is 1.67. The molecule has 0 saturated heterocycles. The average Bonchev–Trinajstić information content (AvgIpc) is 2.17. The largest absolute Gasteiger partial charge is 0.496 e. The zero-order valence-corrected chi connectivity index (χ0v) is 6.74. The van der Waals surface area contributed by atoms with Gasteiger partial charge in [0.1, 0.15) is 5.75 Å². The van der Waals surface area contributed by atoms with E-state index in [0.29, 0.717) is 0 Å². The van der Waals surface area contributed by atoms with Crippen LogP contribution in [0.15, 0.2) is 30.5 Å². The van der Waals surface area contributed by atoms with E-state index < -0.39 is 0 Å². The third-order valence-electron chi connectivity index (χ3n) is 1.74. The number of ether oxygens (including phenoxy) is 1. The Morgan fingerprint density at radius 1 is 1.42 bits per heavy atom. The summed E-state index contributed by atoms with van der Waals surface area (Å²) in [6.45, 7) is 0. The summed E-state index contributed by atoms with van der Waals surface area (Å²) >= 11 is 0. The smallest absolute Gasteiger partial charge is 0.128 e. The van der Waals surface area contributed by atoms with Gasteiger partial charge in [-0.05, 0) is 24.3 Å². The molecule has 2 aromatic rings. The van der Waals surface area contributed by atoms with Crippen molar-refractivity contribution < 1.29 is 4.74 Å². The Balaban J connectivity index is 2.79. The summed E-state index contributed by atoms with van der Waals surface area (Å²) in [6, 6.07) is 10.6. The monoisotopic (exact) mass is 158 g/mol. The summed E-state index contributed by atoms with van der Waals surface area (Å²) in [5.41, 5.74) is 0.914. The van der Waals surface area contributed by atoms with E-state index in [1.54, 1.807) is 19.4 Å². The first-order chi connectivity index (χ1) is 5.92. The van der Waals surface area contributed by atoms with E-state index in [0.717, 1.165) is 16.7 Å². The van der Waals surface area contributed by atoms with Crippen LogP contribution in [0.3, 0.4) is 0 Å². The Morgan fingerprint density at radius 3 is 3.17 bits per heavy atom. The molecule has 0 atom stereocenters. The van der Waals surface area contributed by atoms with Crippen molar-refractivity contribution in [3.8, 4) is 5.75 Å². The summed E-state index contributed by atoms with van der Waals surface area (Å²) in [7, 11) is 1.65. The van der Waals surface area contributed by atoms with Crippen molar-refractivity contribution in [2.24, 2.45) is 0 Å². The Labute approximate surface area is 70.8 Å². The summed E-state index contributed by atoms with van der Waals surface area (Å²) in [5.74, 6) is 0.820. The number of benzene rings is 1. The molecule has 0 bridgehead atoms. The van der Waals surface area contributed by atoms with Gasteiger partial charge in [0.2, 0.25) is 0 Å². The molecule has 1 radical (unpaired) electrons. The second kappa shape index (κ2) is 2.81. The molecule has 1 aromatic carbocycles. The highest BCUT2D eigenvalue weighted by Gasteiger charge is 1.98. The van der Waals surface area contributed by atoms with Crippen LogP contribution in [0, 0.1) is 6.07 Å². The molecule has 2 heteroatoms. The summed E-state index contributed by atoms with van der Waals surface area (Å²) in [5, 5.41) is 0.933. The molecule has 0 unspecified atom stereocenters. The molecule has 2 rings (SSSR count). The highest BCUT2D eigenvalue weighted by molar-refractivity contribution is 5.84. The first-order valence-electron chi connectivity index (χ1n) is 3.71. The van der Waals surface area contributed by atoms with Crippen LogP contribution < -0.4 is 4.74 Å². The van der Waals surface area contributed by atoms with Gasteiger partial charge in [0.15, 0.2) is 0 Å². The molecule has 0 spiro atoms. The normalized spacial score (nSPS) is 10.1. The Morgan fingerprint density at radius 2 is 2.33 bits per heavy atom. The molecule has 0 aliphatic carbocycles. The van der Waals surface area contributed by atoms with E-state index in [1.165, 1.54) is 0 Å². The van der Waals surface area contributed by atoms with Crippen molar-refractivity contribution >= 4 is 10.9 Å². The van der Waals surface area contributed by atoms with E-state index in [2.05, 4.69) is 11.1 Å².